The van der Waals surface area contributed by atoms with Gasteiger partial charge in [0.25, 0.3) is 0 Å². The second-order valence-corrected chi connectivity index (χ2v) is 14.2. The number of hydrogen-bond acceptors (Lipinski definition) is 4. The monoisotopic (exact) mass is 623 g/mol. The smallest absolute Gasteiger partial charge is 0.227 e. The molecule has 4 rings (SSSR count). The summed E-state index contributed by atoms with van der Waals surface area (Å²) in [6.45, 7) is 17.6. The fraction of sp³-hybridized carbons (Fsp3) is 0.385. The van der Waals surface area contributed by atoms with Crippen molar-refractivity contribution in [2.45, 2.75) is 98.4 Å². The summed E-state index contributed by atoms with van der Waals surface area (Å²) in [7, 11) is 0. The molecule has 1 aromatic heterocycles. The number of nitrogens with two attached hydrogens (primary N) is 1. The number of amides is 1. The Morgan fingerprint density at radius 2 is 1.42 bits per heavy atom. The maximum atomic E-state index is 14.2. The Morgan fingerprint density at radius 1 is 0.800 bits per heavy atom. The Bertz CT molecular complexity index is 1580. The molecule has 0 bridgehead atoms. The Morgan fingerprint density at radius 3 is 1.96 bits per heavy atom. The molecule has 0 saturated heterocycles. The molecule has 1 heterocycles. The third-order valence-electron chi connectivity index (χ3n) is 8.28. The highest BCUT2D eigenvalue weighted by Crippen LogP contribution is 2.36. The van der Waals surface area contributed by atoms with Crippen molar-refractivity contribution in [3.63, 3.8) is 0 Å². The first-order valence-electron chi connectivity index (χ1n) is 16.1. The number of carbonyl (C=O) groups excluding carboxylic acids is 1. The van der Waals surface area contributed by atoms with Crippen LogP contribution in [0.15, 0.2) is 77.1 Å². The Kier molecular flexibility index (Phi) is 11.3. The van der Waals surface area contributed by atoms with E-state index < -0.39 is 0 Å². The maximum Gasteiger partial charge on any atom is 0.227 e. The van der Waals surface area contributed by atoms with Gasteiger partial charge in [0, 0.05) is 12.1 Å². The van der Waals surface area contributed by atoms with Gasteiger partial charge in [0.2, 0.25) is 5.91 Å². The largest absolute Gasteiger partial charge is 0.507 e. The maximum absolute atomic E-state index is 14.2. The molecule has 0 fully saturated rings. The fourth-order valence-electron chi connectivity index (χ4n) is 5.49. The molecule has 3 N–H and O–H groups in total. The van der Waals surface area contributed by atoms with E-state index in [2.05, 4.69) is 90.7 Å². The van der Waals surface area contributed by atoms with Gasteiger partial charge in [-0.25, -0.2) is 4.99 Å². The number of aliphatic imine (C=N–C) groups is 1. The quantitative estimate of drug-likeness (QED) is 0.122. The summed E-state index contributed by atoms with van der Waals surface area (Å²) >= 11 is 1.56. The van der Waals surface area contributed by atoms with E-state index in [-0.39, 0.29) is 17.7 Å². The van der Waals surface area contributed by atoms with E-state index in [0.29, 0.717) is 42.8 Å². The molecule has 0 unspecified atom stereocenters. The number of aromatic hydroxyl groups is 1. The number of aryl methyl sites for hydroxylation is 1. The number of thiophene rings is 1. The van der Waals surface area contributed by atoms with E-state index in [1.54, 1.807) is 11.3 Å². The van der Waals surface area contributed by atoms with Crippen molar-refractivity contribution in [2.75, 3.05) is 4.90 Å². The number of nitrogens with zero attached hydrogens (tertiary/aromatic N) is 2. The summed E-state index contributed by atoms with van der Waals surface area (Å²) in [6, 6.07) is 22.6. The lowest BCUT2D eigenvalue weighted by Crippen LogP contribution is -2.31. The standard InChI is InChI=1S/C39H49N3O2S/c1-24(2)30-20-31(25(3)4)22-33(21-30)42(23-29-11-9-12-32(17-29)41-39(40)36-13-10-16-45-36)37(43)15-14-28-18-34(26(5)6)38(44)35(19-28)27(7)8/h9-13,16-22,24-27,44H,14-15,23H2,1-8H3,(H2,40,41). The van der Waals surface area contributed by atoms with E-state index in [0.717, 1.165) is 38.5 Å². The molecule has 0 aliphatic heterocycles. The molecule has 0 spiro atoms. The Balaban J connectivity index is 1.70. The van der Waals surface area contributed by atoms with E-state index in [9.17, 15) is 9.90 Å². The van der Waals surface area contributed by atoms with Gasteiger partial charge in [0.15, 0.2) is 0 Å². The second-order valence-electron chi connectivity index (χ2n) is 13.2. The normalized spacial score (nSPS) is 12.1. The van der Waals surface area contributed by atoms with Gasteiger partial charge in [-0.3, -0.25) is 4.79 Å². The molecule has 0 atom stereocenters. The van der Waals surface area contributed by atoms with Crippen LogP contribution in [0.1, 0.15) is 124 Å². The molecule has 4 aromatic rings. The van der Waals surface area contributed by atoms with Crippen LogP contribution in [0.25, 0.3) is 0 Å². The Hall–Kier alpha value is -3.90. The van der Waals surface area contributed by atoms with Crippen molar-refractivity contribution in [3.05, 3.63) is 110 Å². The molecule has 0 radical (unpaired) electrons. The van der Waals surface area contributed by atoms with Gasteiger partial charge < -0.3 is 15.7 Å². The van der Waals surface area contributed by atoms with Crippen LogP contribution in [0.3, 0.4) is 0 Å². The summed E-state index contributed by atoms with van der Waals surface area (Å²) < 4.78 is 0. The van der Waals surface area contributed by atoms with Crippen molar-refractivity contribution in [2.24, 2.45) is 10.7 Å². The van der Waals surface area contributed by atoms with Crippen LogP contribution in [0.5, 0.6) is 5.75 Å². The lowest BCUT2D eigenvalue weighted by atomic mass is 9.90. The molecule has 5 nitrogen and oxygen atoms in total. The lowest BCUT2D eigenvalue weighted by molar-refractivity contribution is -0.118. The van der Waals surface area contributed by atoms with Gasteiger partial charge >= 0.3 is 0 Å². The topological polar surface area (TPSA) is 78.9 Å². The number of benzene rings is 3. The van der Waals surface area contributed by atoms with Gasteiger partial charge in [0.1, 0.15) is 11.6 Å². The summed E-state index contributed by atoms with van der Waals surface area (Å²) in [5, 5.41) is 12.9. The molecule has 0 aliphatic carbocycles. The van der Waals surface area contributed by atoms with Crippen LogP contribution < -0.4 is 10.6 Å². The summed E-state index contributed by atoms with van der Waals surface area (Å²) in [5.41, 5.74) is 14.3. The van der Waals surface area contributed by atoms with E-state index in [1.807, 2.05) is 46.7 Å². The zero-order chi connectivity index (χ0) is 32.8. The highest BCUT2D eigenvalue weighted by Gasteiger charge is 2.21. The number of hydrogen-bond donors (Lipinski definition) is 2. The molecule has 3 aromatic carbocycles. The summed E-state index contributed by atoms with van der Waals surface area (Å²) in [5.74, 6) is 1.96. The van der Waals surface area contributed by atoms with E-state index >= 15 is 0 Å². The Labute approximate surface area is 273 Å². The van der Waals surface area contributed by atoms with Gasteiger partial charge in [-0.2, -0.15) is 0 Å². The van der Waals surface area contributed by atoms with Crippen LogP contribution in [0.2, 0.25) is 0 Å². The number of phenols is 1. The van der Waals surface area contributed by atoms with Crippen LogP contribution in [-0.2, 0) is 17.8 Å². The third-order valence-corrected chi connectivity index (χ3v) is 9.18. The second kappa shape index (κ2) is 14.9. The van der Waals surface area contributed by atoms with Crippen molar-refractivity contribution in [1.29, 1.82) is 0 Å². The van der Waals surface area contributed by atoms with Crippen molar-refractivity contribution in [1.82, 2.24) is 0 Å². The summed E-state index contributed by atoms with van der Waals surface area (Å²) in [4.78, 5) is 21.8. The van der Waals surface area contributed by atoms with E-state index in [4.69, 9.17) is 5.73 Å². The number of anilines is 1. The van der Waals surface area contributed by atoms with Gasteiger partial charge in [-0.05, 0) is 99.2 Å². The van der Waals surface area contributed by atoms with Gasteiger partial charge in [-0.15, -0.1) is 11.3 Å². The molecule has 1 amide bonds. The average molecular weight is 624 g/mol. The van der Waals surface area contributed by atoms with Crippen molar-refractivity contribution in [3.8, 4) is 5.75 Å². The van der Waals surface area contributed by atoms with E-state index in [1.165, 1.54) is 11.1 Å². The lowest BCUT2D eigenvalue weighted by Gasteiger charge is -2.26. The van der Waals surface area contributed by atoms with Crippen molar-refractivity contribution < 1.29 is 9.90 Å². The SMILES string of the molecule is CC(C)c1cc(C(C)C)cc(N(Cc2cccc(N=C(N)c3cccs3)c2)C(=O)CCc2cc(C(C)C)c(O)c(C(C)C)c2)c1. The minimum absolute atomic E-state index is 0.0582. The molecule has 0 saturated carbocycles. The summed E-state index contributed by atoms with van der Waals surface area (Å²) in [6.07, 6.45) is 0.948. The zero-order valence-corrected chi connectivity index (χ0v) is 28.9. The molecule has 238 valence electrons. The predicted octanol–water partition coefficient (Wildman–Crippen LogP) is 10.2. The molecular formula is C39H49N3O2S. The molecular weight excluding hydrogens is 575 g/mol. The van der Waals surface area contributed by atoms with Crippen molar-refractivity contribution >= 4 is 34.5 Å². The molecule has 45 heavy (non-hydrogen) atoms. The molecule has 6 heteroatoms. The zero-order valence-electron chi connectivity index (χ0n) is 28.1. The van der Waals surface area contributed by atoms with Gasteiger partial charge in [-0.1, -0.05) is 91.8 Å². The fourth-order valence-corrected chi connectivity index (χ4v) is 6.11. The van der Waals surface area contributed by atoms with Crippen LogP contribution in [0.4, 0.5) is 11.4 Å². The number of carbonyl (C=O) groups is 1. The minimum atomic E-state index is 0.0582. The van der Waals surface area contributed by atoms with Crippen LogP contribution >= 0.6 is 11.3 Å². The first-order chi connectivity index (χ1) is 21.3. The number of rotatable bonds is 12. The highest BCUT2D eigenvalue weighted by molar-refractivity contribution is 7.12. The number of phenolic OH excluding ortho intramolecular Hbond substituents is 1. The van der Waals surface area contributed by atoms with Gasteiger partial charge in [0.05, 0.1) is 17.1 Å². The molecule has 0 aliphatic rings. The average Bonchev–Trinajstić information content (AvgIpc) is 3.54. The first kappa shape index (κ1) is 34.0. The number of amidine groups is 1. The first-order valence-corrected chi connectivity index (χ1v) is 17.0. The highest BCUT2D eigenvalue weighted by atomic mass is 32.1. The minimum Gasteiger partial charge on any atom is -0.507 e. The van der Waals surface area contributed by atoms with Crippen LogP contribution in [0, 0.1) is 0 Å². The third kappa shape index (κ3) is 8.64. The van der Waals surface area contributed by atoms with Crippen LogP contribution in [-0.4, -0.2) is 16.8 Å². The predicted molar refractivity (Wildman–Crippen MR) is 192 cm³/mol.